The number of rotatable bonds is 6. The molecule has 16 heavy (non-hydrogen) atoms. The summed E-state index contributed by atoms with van der Waals surface area (Å²) in [6.07, 6.45) is 0. The van der Waals surface area contributed by atoms with E-state index in [-0.39, 0.29) is 12.4 Å². The molecule has 0 radical (unpaired) electrons. The van der Waals surface area contributed by atoms with Crippen LogP contribution in [0.1, 0.15) is 11.1 Å². The Balaban J connectivity index is 0.00000225. The first-order chi connectivity index (χ1) is 7.26. The number of nitrogens with zero attached hydrogens (tertiary/aromatic N) is 1. The van der Waals surface area contributed by atoms with Crippen molar-refractivity contribution in [1.82, 2.24) is 4.90 Å². The maximum Gasteiger partial charge on any atom is 0.0351 e. The lowest BCUT2D eigenvalue weighted by atomic mass is 10.1. The minimum Gasteiger partial charge on any atom is -0.297 e. The second-order valence-corrected chi connectivity index (χ2v) is 4.40. The molecule has 0 saturated heterocycles. The molecule has 0 bridgehead atoms. The molecule has 0 spiro atoms. The molecule has 0 unspecified atom stereocenters. The summed E-state index contributed by atoms with van der Waals surface area (Å²) in [5.74, 6) is 1.31. The van der Waals surface area contributed by atoms with Gasteiger partial charge in [0.2, 0.25) is 0 Å². The van der Waals surface area contributed by atoms with Crippen LogP contribution in [-0.2, 0) is 6.54 Å². The van der Waals surface area contributed by atoms with Gasteiger partial charge in [0.15, 0.2) is 0 Å². The van der Waals surface area contributed by atoms with Crippen molar-refractivity contribution in [3.63, 3.8) is 0 Å². The summed E-state index contributed by atoms with van der Waals surface area (Å²) in [7, 11) is 0. The number of hydrogen-bond acceptors (Lipinski definition) is 1. The van der Waals surface area contributed by atoms with Crippen LogP contribution < -0.4 is 0 Å². The minimum atomic E-state index is 0. The molecule has 92 valence electrons. The Hall–Kier alpha value is 0.0500. The van der Waals surface area contributed by atoms with Gasteiger partial charge in [-0.25, -0.2) is 0 Å². The highest BCUT2D eigenvalue weighted by Crippen LogP contribution is 2.07. The molecule has 1 nitrogen and oxygen atoms in total. The van der Waals surface area contributed by atoms with Crippen molar-refractivity contribution in [2.75, 3.05) is 24.8 Å². The summed E-state index contributed by atoms with van der Waals surface area (Å²) in [6, 6.07) is 8.54. The molecule has 0 fully saturated rings. The van der Waals surface area contributed by atoms with Crippen LogP contribution in [0.4, 0.5) is 0 Å². The van der Waals surface area contributed by atoms with Crippen LogP contribution in [0.3, 0.4) is 0 Å². The van der Waals surface area contributed by atoms with Gasteiger partial charge in [0.25, 0.3) is 0 Å². The second kappa shape index (κ2) is 9.12. The van der Waals surface area contributed by atoms with Gasteiger partial charge in [-0.05, 0) is 12.5 Å². The van der Waals surface area contributed by atoms with E-state index in [1.165, 1.54) is 11.1 Å². The number of alkyl halides is 2. The van der Waals surface area contributed by atoms with Gasteiger partial charge in [-0.1, -0.05) is 29.8 Å². The molecule has 0 aliphatic rings. The minimum absolute atomic E-state index is 0. The summed E-state index contributed by atoms with van der Waals surface area (Å²) in [6.45, 7) is 4.82. The molecule has 0 aliphatic carbocycles. The fraction of sp³-hybridized carbons (Fsp3) is 0.500. The van der Waals surface area contributed by atoms with E-state index in [4.69, 9.17) is 23.2 Å². The molecule has 0 aliphatic heterocycles. The van der Waals surface area contributed by atoms with Gasteiger partial charge in [0, 0.05) is 31.4 Å². The van der Waals surface area contributed by atoms with Crippen LogP contribution in [0.2, 0.25) is 0 Å². The van der Waals surface area contributed by atoms with E-state index >= 15 is 0 Å². The van der Waals surface area contributed by atoms with Gasteiger partial charge in [-0.3, -0.25) is 4.90 Å². The lowest BCUT2D eigenvalue weighted by Crippen LogP contribution is -2.27. The van der Waals surface area contributed by atoms with Crippen LogP contribution in [-0.4, -0.2) is 29.7 Å². The number of halogens is 3. The highest BCUT2D eigenvalue weighted by Gasteiger charge is 2.04. The van der Waals surface area contributed by atoms with Crippen molar-refractivity contribution in [1.29, 1.82) is 0 Å². The van der Waals surface area contributed by atoms with E-state index in [9.17, 15) is 0 Å². The van der Waals surface area contributed by atoms with Crippen molar-refractivity contribution in [3.8, 4) is 0 Å². The maximum atomic E-state index is 5.74. The fourth-order valence-electron chi connectivity index (χ4n) is 1.58. The Morgan fingerprint density at radius 3 is 2.25 bits per heavy atom. The molecule has 4 heteroatoms. The number of aryl methyl sites for hydroxylation is 1. The Bertz CT molecular complexity index is 285. The third-order valence-electron chi connectivity index (χ3n) is 2.29. The van der Waals surface area contributed by atoms with Crippen LogP contribution >= 0.6 is 35.6 Å². The molecule has 0 atom stereocenters. The molecule has 0 amide bonds. The zero-order chi connectivity index (χ0) is 11.1. The van der Waals surface area contributed by atoms with Crippen molar-refractivity contribution >= 4 is 35.6 Å². The Labute approximate surface area is 114 Å². The Morgan fingerprint density at radius 2 is 1.75 bits per heavy atom. The molecule has 0 saturated carbocycles. The normalized spacial score (nSPS) is 10.2. The van der Waals surface area contributed by atoms with Crippen molar-refractivity contribution < 1.29 is 0 Å². The first-order valence-electron chi connectivity index (χ1n) is 5.16. The van der Waals surface area contributed by atoms with Gasteiger partial charge in [-0.15, -0.1) is 35.6 Å². The highest BCUT2D eigenvalue weighted by atomic mass is 35.5. The van der Waals surface area contributed by atoms with Crippen molar-refractivity contribution in [2.45, 2.75) is 13.5 Å². The monoisotopic (exact) mass is 281 g/mol. The Kier molecular flexibility index (Phi) is 9.15. The molecular weight excluding hydrogens is 264 g/mol. The largest absolute Gasteiger partial charge is 0.297 e. The lowest BCUT2D eigenvalue weighted by molar-refractivity contribution is 0.299. The smallest absolute Gasteiger partial charge is 0.0351 e. The molecule has 1 aromatic rings. The molecule has 1 rings (SSSR count). The van der Waals surface area contributed by atoms with Crippen LogP contribution in [0.5, 0.6) is 0 Å². The summed E-state index contributed by atoms with van der Waals surface area (Å²) < 4.78 is 0. The van der Waals surface area contributed by atoms with Crippen LogP contribution in [0.25, 0.3) is 0 Å². The third-order valence-corrected chi connectivity index (χ3v) is 2.63. The van der Waals surface area contributed by atoms with Gasteiger partial charge in [0.1, 0.15) is 0 Å². The van der Waals surface area contributed by atoms with Gasteiger partial charge in [0.05, 0.1) is 0 Å². The third kappa shape index (κ3) is 5.95. The fourth-order valence-corrected chi connectivity index (χ4v) is 2.06. The highest BCUT2D eigenvalue weighted by molar-refractivity contribution is 6.18. The lowest BCUT2D eigenvalue weighted by Gasteiger charge is -2.20. The van der Waals surface area contributed by atoms with E-state index < -0.39 is 0 Å². The zero-order valence-corrected chi connectivity index (χ0v) is 11.8. The predicted octanol–water partition coefficient (Wildman–Crippen LogP) is 3.70. The summed E-state index contributed by atoms with van der Waals surface area (Å²) >= 11 is 11.5. The molecule has 0 heterocycles. The summed E-state index contributed by atoms with van der Waals surface area (Å²) in [5.41, 5.74) is 2.62. The maximum absolute atomic E-state index is 5.74. The average molecular weight is 283 g/mol. The zero-order valence-electron chi connectivity index (χ0n) is 9.46. The quantitative estimate of drug-likeness (QED) is 0.719. The summed E-state index contributed by atoms with van der Waals surface area (Å²) in [5, 5.41) is 0. The van der Waals surface area contributed by atoms with E-state index in [1.807, 2.05) is 0 Å². The number of hydrogen-bond donors (Lipinski definition) is 0. The topological polar surface area (TPSA) is 3.24 Å². The SMILES string of the molecule is Cc1cccc(CN(CCCl)CCCl)c1.Cl. The van der Waals surface area contributed by atoms with E-state index in [2.05, 4.69) is 36.1 Å². The average Bonchev–Trinajstić information content (AvgIpc) is 2.18. The number of benzene rings is 1. The van der Waals surface area contributed by atoms with Gasteiger partial charge >= 0.3 is 0 Å². The van der Waals surface area contributed by atoms with E-state index in [0.29, 0.717) is 11.8 Å². The predicted molar refractivity (Wildman–Crippen MR) is 75.1 cm³/mol. The first kappa shape index (κ1) is 16.1. The van der Waals surface area contributed by atoms with E-state index in [0.717, 1.165) is 19.6 Å². The molecular formula is C12H18Cl3N. The first-order valence-corrected chi connectivity index (χ1v) is 6.23. The van der Waals surface area contributed by atoms with Gasteiger partial charge in [-0.2, -0.15) is 0 Å². The second-order valence-electron chi connectivity index (χ2n) is 3.64. The van der Waals surface area contributed by atoms with Crippen LogP contribution in [0.15, 0.2) is 24.3 Å². The van der Waals surface area contributed by atoms with Crippen molar-refractivity contribution in [3.05, 3.63) is 35.4 Å². The van der Waals surface area contributed by atoms with Crippen LogP contribution in [0, 0.1) is 6.92 Å². The van der Waals surface area contributed by atoms with Crippen molar-refractivity contribution in [2.24, 2.45) is 0 Å². The summed E-state index contributed by atoms with van der Waals surface area (Å²) in [4.78, 5) is 2.27. The Morgan fingerprint density at radius 1 is 1.12 bits per heavy atom. The van der Waals surface area contributed by atoms with Gasteiger partial charge < -0.3 is 0 Å². The molecule has 0 N–H and O–H groups in total. The standard InChI is InChI=1S/C12H17Cl2N.ClH/c1-11-3-2-4-12(9-11)10-15(7-5-13)8-6-14;/h2-4,9H,5-8,10H2,1H3;1H. The molecule has 0 aromatic heterocycles. The van der Waals surface area contributed by atoms with E-state index in [1.54, 1.807) is 0 Å². The molecule has 1 aromatic carbocycles.